The van der Waals surface area contributed by atoms with Crippen LogP contribution in [0.4, 0.5) is 0 Å². The number of carboxylic acids is 1. The SMILES string of the molecule is O=C(O)c1ccc(/C=N/NO)cn1. The van der Waals surface area contributed by atoms with Gasteiger partial charge in [-0.1, -0.05) is 0 Å². The highest BCUT2D eigenvalue weighted by molar-refractivity contribution is 5.86. The van der Waals surface area contributed by atoms with Gasteiger partial charge in [-0.15, -0.1) is 0 Å². The number of hydrazone groups is 1. The summed E-state index contributed by atoms with van der Waals surface area (Å²) in [7, 11) is 0. The first-order valence-corrected chi connectivity index (χ1v) is 3.35. The lowest BCUT2D eigenvalue weighted by atomic mass is 10.3. The van der Waals surface area contributed by atoms with Crippen molar-refractivity contribution < 1.29 is 15.1 Å². The molecule has 0 atom stereocenters. The van der Waals surface area contributed by atoms with Crippen LogP contribution in [0.5, 0.6) is 0 Å². The van der Waals surface area contributed by atoms with E-state index in [9.17, 15) is 4.79 Å². The van der Waals surface area contributed by atoms with Crippen molar-refractivity contribution in [1.29, 1.82) is 0 Å². The van der Waals surface area contributed by atoms with Gasteiger partial charge in [0.2, 0.25) is 0 Å². The van der Waals surface area contributed by atoms with E-state index in [1.807, 2.05) is 0 Å². The highest BCUT2D eigenvalue weighted by atomic mass is 16.5. The smallest absolute Gasteiger partial charge is 0.354 e. The van der Waals surface area contributed by atoms with Crippen molar-refractivity contribution in [1.82, 2.24) is 10.6 Å². The van der Waals surface area contributed by atoms with Crippen molar-refractivity contribution in [3.05, 3.63) is 29.6 Å². The van der Waals surface area contributed by atoms with Crippen molar-refractivity contribution in [2.45, 2.75) is 0 Å². The molecule has 0 unspecified atom stereocenters. The summed E-state index contributed by atoms with van der Waals surface area (Å²) in [6, 6.07) is 2.87. The topological polar surface area (TPSA) is 94.8 Å². The molecule has 68 valence electrons. The zero-order chi connectivity index (χ0) is 9.68. The van der Waals surface area contributed by atoms with Gasteiger partial charge in [-0.25, -0.2) is 9.78 Å². The minimum Gasteiger partial charge on any atom is -0.477 e. The van der Waals surface area contributed by atoms with E-state index in [1.165, 1.54) is 24.5 Å². The Morgan fingerprint density at radius 1 is 1.62 bits per heavy atom. The number of aromatic nitrogens is 1. The van der Waals surface area contributed by atoms with Crippen LogP contribution in [0, 0.1) is 0 Å². The number of nitrogens with zero attached hydrogens (tertiary/aromatic N) is 2. The Balaban J connectivity index is 2.81. The molecule has 1 rings (SSSR count). The first-order chi connectivity index (χ1) is 6.24. The van der Waals surface area contributed by atoms with E-state index in [1.54, 1.807) is 5.59 Å². The molecule has 6 heteroatoms. The molecule has 13 heavy (non-hydrogen) atoms. The molecule has 0 fully saturated rings. The zero-order valence-corrected chi connectivity index (χ0v) is 6.51. The maximum atomic E-state index is 10.4. The number of carboxylic acid groups (broad SMARTS) is 1. The largest absolute Gasteiger partial charge is 0.477 e. The maximum Gasteiger partial charge on any atom is 0.354 e. The predicted octanol–water partition coefficient (Wildman–Crippen LogP) is 0.0925. The number of pyridine rings is 1. The molecule has 0 bridgehead atoms. The quantitative estimate of drug-likeness (QED) is 0.453. The minimum atomic E-state index is -1.08. The average molecular weight is 181 g/mol. The number of carbonyl (C=O) groups is 1. The fraction of sp³-hybridized carbons (Fsp3) is 0. The highest BCUT2D eigenvalue weighted by Gasteiger charge is 2.01. The third-order valence-electron chi connectivity index (χ3n) is 1.28. The van der Waals surface area contributed by atoms with Crippen molar-refractivity contribution in [2.75, 3.05) is 0 Å². The maximum absolute atomic E-state index is 10.4. The predicted molar refractivity (Wildman–Crippen MR) is 43.7 cm³/mol. The third-order valence-corrected chi connectivity index (χ3v) is 1.28. The average Bonchev–Trinajstić information content (AvgIpc) is 2.15. The van der Waals surface area contributed by atoms with Crippen molar-refractivity contribution in [3.8, 4) is 0 Å². The van der Waals surface area contributed by atoms with Gasteiger partial charge < -0.3 is 5.11 Å². The molecule has 0 aliphatic carbocycles. The fourth-order valence-electron chi connectivity index (χ4n) is 0.712. The Hall–Kier alpha value is -1.95. The van der Waals surface area contributed by atoms with Gasteiger partial charge >= 0.3 is 5.97 Å². The van der Waals surface area contributed by atoms with Gasteiger partial charge in [0.1, 0.15) is 5.69 Å². The molecule has 1 aromatic heterocycles. The van der Waals surface area contributed by atoms with E-state index >= 15 is 0 Å². The van der Waals surface area contributed by atoms with Gasteiger partial charge in [0.25, 0.3) is 0 Å². The number of hydrogen-bond acceptors (Lipinski definition) is 5. The van der Waals surface area contributed by atoms with Crippen LogP contribution >= 0.6 is 0 Å². The summed E-state index contributed by atoms with van der Waals surface area (Å²) < 4.78 is 0. The van der Waals surface area contributed by atoms with Crippen LogP contribution in [0.1, 0.15) is 16.1 Å². The summed E-state index contributed by atoms with van der Waals surface area (Å²) in [4.78, 5) is 14.0. The van der Waals surface area contributed by atoms with Crippen LogP contribution < -0.4 is 5.59 Å². The number of rotatable bonds is 3. The van der Waals surface area contributed by atoms with Gasteiger partial charge in [0.05, 0.1) is 6.21 Å². The molecule has 0 aliphatic rings. The monoisotopic (exact) mass is 181 g/mol. The molecule has 0 spiro atoms. The highest BCUT2D eigenvalue weighted by Crippen LogP contribution is 1.97. The normalized spacial score (nSPS) is 10.2. The molecule has 0 aromatic carbocycles. The van der Waals surface area contributed by atoms with Crippen molar-refractivity contribution >= 4 is 12.2 Å². The molecule has 0 amide bonds. The van der Waals surface area contributed by atoms with Crippen LogP contribution in [0.25, 0.3) is 0 Å². The summed E-state index contributed by atoms with van der Waals surface area (Å²) in [6.45, 7) is 0. The first-order valence-electron chi connectivity index (χ1n) is 3.35. The van der Waals surface area contributed by atoms with Crippen LogP contribution in [-0.4, -0.2) is 27.5 Å². The van der Waals surface area contributed by atoms with Gasteiger partial charge in [-0.2, -0.15) is 10.7 Å². The Bertz CT molecular complexity index is 320. The standard InChI is InChI=1S/C7H7N3O3/c11-7(12)6-2-1-5(3-8-6)4-9-10-13/h1-4,10,13H,(H,11,12)/b9-4+. The van der Waals surface area contributed by atoms with E-state index in [4.69, 9.17) is 10.3 Å². The number of hydrogen-bond donors (Lipinski definition) is 3. The van der Waals surface area contributed by atoms with Crippen LogP contribution in [-0.2, 0) is 0 Å². The van der Waals surface area contributed by atoms with Crippen molar-refractivity contribution in [2.24, 2.45) is 5.10 Å². The van der Waals surface area contributed by atoms with E-state index < -0.39 is 5.97 Å². The Labute approximate surface area is 73.5 Å². The zero-order valence-electron chi connectivity index (χ0n) is 6.51. The number of aromatic carboxylic acids is 1. The number of nitrogens with one attached hydrogen (secondary N) is 1. The summed E-state index contributed by atoms with van der Waals surface area (Å²) in [5, 5.41) is 19.9. The molecule has 0 saturated heterocycles. The second-order valence-corrected chi connectivity index (χ2v) is 2.14. The molecule has 0 radical (unpaired) electrons. The van der Waals surface area contributed by atoms with Gasteiger partial charge in [0, 0.05) is 11.8 Å². The minimum absolute atomic E-state index is 0.0332. The van der Waals surface area contributed by atoms with Crippen LogP contribution in [0.15, 0.2) is 23.4 Å². The van der Waals surface area contributed by atoms with Crippen molar-refractivity contribution in [3.63, 3.8) is 0 Å². The van der Waals surface area contributed by atoms with Gasteiger partial charge in [-0.3, -0.25) is 5.21 Å². The fourth-order valence-corrected chi connectivity index (χ4v) is 0.712. The second kappa shape index (κ2) is 4.17. The van der Waals surface area contributed by atoms with Gasteiger partial charge in [-0.05, 0) is 12.1 Å². The molecule has 1 heterocycles. The van der Waals surface area contributed by atoms with Crippen LogP contribution in [0.2, 0.25) is 0 Å². The lowest BCUT2D eigenvalue weighted by molar-refractivity contribution is 0.0690. The van der Waals surface area contributed by atoms with E-state index in [0.29, 0.717) is 5.56 Å². The molecule has 1 aromatic rings. The summed E-state index contributed by atoms with van der Waals surface area (Å²) in [5.41, 5.74) is 2.14. The molecular weight excluding hydrogens is 174 g/mol. The lowest BCUT2D eigenvalue weighted by Gasteiger charge is -1.93. The van der Waals surface area contributed by atoms with Crippen LogP contribution in [0.3, 0.4) is 0 Å². The Morgan fingerprint density at radius 2 is 2.38 bits per heavy atom. The molecule has 6 nitrogen and oxygen atoms in total. The third kappa shape index (κ3) is 2.53. The Kier molecular flexibility index (Phi) is 2.93. The lowest BCUT2D eigenvalue weighted by Crippen LogP contribution is -2.01. The van der Waals surface area contributed by atoms with E-state index in [2.05, 4.69) is 10.1 Å². The molecule has 3 N–H and O–H groups in total. The second-order valence-electron chi connectivity index (χ2n) is 2.14. The molecular formula is C7H7N3O3. The Morgan fingerprint density at radius 3 is 2.85 bits per heavy atom. The first kappa shape index (κ1) is 9.14. The summed E-state index contributed by atoms with van der Waals surface area (Å²) in [5.74, 6) is -1.08. The summed E-state index contributed by atoms with van der Waals surface area (Å²) >= 11 is 0. The summed E-state index contributed by atoms with van der Waals surface area (Å²) in [6.07, 6.45) is 2.64. The molecule has 0 aliphatic heterocycles. The van der Waals surface area contributed by atoms with E-state index in [-0.39, 0.29) is 5.69 Å². The van der Waals surface area contributed by atoms with E-state index in [0.717, 1.165) is 0 Å². The molecule has 0 saturated carbocycles. The van der Waals surface area contributed by atoms with Gasteiger partial charge in [0.15, 0.2) is 0 Å².